The molecule has 0 aliphatic heterocycles. The lowest BCUT2D eigenvalue weighted by molar-refractivity contribution is -0.118. The van der Waals surface area contributed by atoms with Crippen LogP contribution >= 0.6 is 0 Å². The van der Waals surface area contributed by atoms with E-state index in [-0.39, 0.29) is 12.5 Å². The Bertz CT molecular complexity index is 797. The van der Waals surface area contributed by atoms with E-state index in [0.717, 1.165) is 22.8 Å². The zero-order valence-electron chi connectivity index (χ0n) is 12.7. The fraction of sp³-hybridized carbons (Fsp3) is 0.111. The molecule has 0 saturated carbocycles. The molecule has 0 unspecified atom stereocenters. The molecule has 23 heavy (non-hydrogen) atoms. The van der Waals surface area contributed by atoms with Gasteiger partial charge in [0.15, 0.2) is 6.61 Å². The maximum Gasteiger partial charge on any atom is 0.262 e. The van der Waals surface area contributed by atoms with Gasteiger partial charge in [0.05, 0.1) is 11.9 Å². The van der Waals surface area contributed by atoms with Gasteiger partial charge in [-0.25, -0.2) is 4.98 Å². The number of imidazole rings is 1. The van der Waals surface area contributed by atoms with Crippen LogP contribution in [0.5, 0.6) is 5.75 Å². The third kappa shape index (κ3) is 3.97. The van der Waals surface area contributed by atoms with Crippen molar-refractivity contribution in [2.24, 2.45) is 0 Å². The summed E-state index contributed by atoms with van der Waals surface area (Å²) in [6.07, 6.45) is 1.77. The molecule has 0 fully saturated rings. The summed E-state index contributed by atoms with van der Waals surface area (Å²) in [6, 6.07) is 16.8. The minimum absolute atomic E-state index is 0.0304. The fourth-order valence-corrected chi connectivity index (χ4v) is 2.19. The van der Waals surface area contributed by atoms with Gasteiger partial charge >= 0.3 is 0 Å². The highest BCUT2D eigenvalue weighted by Crippen LogP contribution is 2.21. The third-order valence-electron chi connectivity index (χ3n) is 3.27. The number of H-pyrrole nitrogens is 1. The molecule has 0 aliphatic rings. The molecule has 1 amide bonds. The van der Waals surface area contributed by atoms with Crippen LogP contribution < -0.4 is 10.1 Å². The lowest BCUT2D eigenvalue weighted by Crippen LogP contribution is -2.20. The maximum atomic E-state index is 12.0. The molecule has 2 N–H and O–H groups in total. The van der Waals surface area contributed by atoms with E-state index in [2.05, 4.69) is 15.3 Å². The molecule has 3 aromatic rings. The molecule has 3 rings (SSSR count). The largest absolute Gasteiger partial charge is 0.484 e. The summed E-state index contributed by atoms with van der Waals surface area (Å²) < 4.78 is 5.43. The topological polar surface area (TPSA) is 67.0 Å². The van der Waals surface area contributed by atoms with Crippen molar-refractivity contribution in [3.63, 3.8) is 0 Å². The van der Waals surface area contributed by atoms with Crippen molar-refractivity contribution < 1.29 is 9.53 Å². The molecule has 0 radical (unpaired) electrons. The van der Waals surface area contributed by atoms with Gasteiger partial charge in [0.1, 0.15) is 11.6 Å². The van der Waals surface area contributed by atoms with Gasteiger partial charge in [-0.3, -0.25) is 4.79 Å². The van der Waals surface area contributed by atoms with Crippen LogP contribution in [0.25, 0.3) is 11.3 Å². The summed E-state index contributed by atoms with van der Waals surface area (Å²) >= 11 is 0. The highest BCUT2D eigenvalue weighted by molar-refractivity contribution is 5.92. The number of nitrogens with zero attached hydrogens (tertiary/aromatic N) is 1. The molecule has 0 atom stereocenters. The highest BCUT2D eigenvalue weighted by atomic mass is 16.5. The molecule has 5 heteroatoms. The van der Waals surface area contributed by atoms with Gasteiger partial charge in [0, 0.05) is 11.3 Å². The lowest BCUT2D eigenvalue weighted by atomic mass is 10.1. The Morgan fingerprint density at radius 3 is 2.74 bits per heavy atom. The number of ether oxygens (including phenoxy) is 1. The molecular formula is C18H17N3O2. The minimum atomic E-state index is -0.202. The molecule has 0 saturated heterocycles. The number of carbonyl (C=O) groups is 1. The Hall–Kier alpha value is -3.08. The number of carbonyl (C=O) groups excluding carboxylic acids is 1. The third-order valence-corrected chi connectivity index (χ3v) is 3.27. The SMILES string of the molecule is Cc1ncc(-c2cccc(NC(=O)COc3ccccc3)c2)[nH]1. The Balaban J connectivity index is 1.62. The van der Waals surface area contributed by atoms with Crippen molar-refractivity contribution in [1.82, 2.24) is 9.97 Å². The number of aromatic amines is 1. The van der Waals surface area contributed by atoms with Gasteiger partial charge in [-0.05, 0) is 31.2 Å². The summed E-state index contributed by atoms with van der Waals surface area (Å²) in [6.45, 7) is 1.87. The van der Waals surface area contributed by atoms with E-state index in [1.165, 1.54) is 0 Å². The Morgan fingerprint density at radius 2 is 2.00 bits per heavy atom. The van der Waals surface area contributed by atoms with Gasteiger partial charge in [-0.15, -0.1) is 0 Å². The van der Waals surface area contributed by atoms with Gasteiger partial charge in [-0.1, -0.05) is 30.3 Å². The van der Waals surface area contributed by atoms with E-state index in [9.17, 15) is 4.79 Å². The first-order chi connectivity index (χ1) is 11.2. The molecule has 0 spiro atoms. The zero-order valence-corrected chi connectivity index (χ0v) is 12.7. The second kappa shape index (κ2) is 6.79. The quantitative estimate of drug-likeness (QED) is 0.759. The van der Waals surface area contributed by atoms with Gasteiger partial charge in [-0.2, -0.15) is 0 Å². The summed E-state index contributed by atoms with van der Waals surface area (Å²) in [7, 11) is 0. The fourth-order valence-electron chi connectivity index (χ4n) is 2.19. The van der Waals surface area contributed by atoms with Crippen LogP contribution in [0, 0.1) is 6.92 Å². The zero-order chi connectivity index (χ0) is 16.1. The second-order valence-corrected chi connectivity index (χ2v) is 5.11. The number of para-hydroxylation sites is 1. The standard InChI is InChI=1S/C18H17N3O2/c1-13-19-11-17(20-13)14-6-5-7-15(10-14)21-18(22)12-23-16-8-3-2-4-9-16/h2-11H,12H2,1H3,(H,19,20)(H,21,22). The first-order valence-corrected chi connectivity index (χ1v) is 7.30. The van der Waals surface area contributed by atoms with Crippen molar-refractivity contribution in [2.45, 2.75) is 6.92 Å². The normalized spacial score (nSPS) is 10.3. The molecule has 116 valence electrons. The van der Waals surface area contributed by atoms with Gasteiger partial charge in [0.2, 0.25) is 0 Å². The molecule has 0 aliphatic carbocycles. The van der Waals surface area contributed by atoms with Gasteiger partial charge < -0.3 is 15.0 Å². The van der Waals surface area contributed by atoms with Crippen LogP contribution in [-0.4, -0.2) is 22.5 Å². The molecule has 1 heterocycles. The molecule has 0 bridgehead atoms. The lowest BCUT2D eigenvalue weighted by Gasteiger charge is -2.08. The van der Waals surface area contributed by atoms with E-state index < -0.39 is 0 Å². The van der Waals surface area contributed by atoms with Crippen LogP contribution in [0.4, 0.5) is 5.69 Å². The average molecular weight is 307 g/mol. The van der Waals surface area contributed by atoms with Crippen molar-refractivity contribution in [3.8, 4) is 17.0 Å². The van der Waals surface area contributed by atoms with E-state index in [4.69, 9.17) is 4.74 Å². The smallest absolute Gasteiger partial charge is 0.262 e. The molecule has 5 nitrogen and oxygen atoms in total. The van der Waals surface area contributed by atoms with Crippen LogP contribution in [0.2, 0.25) is 0 Å². The number of aryl methyl sites for hydroxylation is 1. The van der Waals surface area contributed by atoms with E-state index in [1.54, 1.807) is 6.20 Å². The number of benzene rings is 2. The van der Waals surface area contributed by atoms with Crippen molar-refractivity contribution >= 4 is 11.6 Å². The second-order valence-electron chi connectivity index (χ2n) is 5.11. The van der Waals surface area contributed by atoms with Crippen LogP contribution in [-0.2, 0) is 4.79 Å². The Morgan fingerprint density at radius 1 is 1.17 bits per heavy atom. The number of rotatable bonds is 5. The summed E-state index contributed by atoms with van der Waals surface area (Å²) in [5.74, 6) is 1.32. The van der Waals surface area contributed by atoms with Crippen molar-refractivity contribution in [3.05, 3.63) is 66.6 Å². The number of amides is 1. The summed E-state index contributed by atoms with van der Waals surface area (Å²) in [5.41, 5.74) is 2.60. The average Bonchev–Trinajstić information content (AvgIpc) is 3.01. The minimum Gasteiger partial charge on any atom is -0.484 e. The number of anilines is 1. The van der Waals surface area contributed by atoms with Crippen LogP contribution in [0.3, 0.4) is 0 Å². The summed E-state index contributed by atoms with van der Waals surface area (Å²) in [5, 5.41) is 2.83. The number of aromatic nitrogens is 2. The first kappa shape index (κ1) is 14.8. The van der Waals surface area contributed by atoms with Crippen molar-refractivity contribution in [1.29, 1.82) is 0 Å². The number of hydrogen-bond donors (Lipinski definition) is 2. The van der Waals surface area contributed by atoms with Crippen molar-refractivity contribution in [2.75, 3.05) is 11.9 Å². The number of hydrogen-bond acceptors (Lipinski definition) is 3. The van der Waals surface area contributed by atoms with Crippen LogP contribution in [0.1, 0.15) is 5.82 Å². The Kier molecular flexibility index (Phi) is 4.38. The maximum absolute atomic E-state index is 12.0. The number of nitrogens with one attached hydrogen (secondary N) is 2. The Labute approximate surface area is 134 Å². The first-order valence-electron chi connectivity index (χ1n) is 7.30. The van der Waals surface area contributed by atoms with E-state index in [1.807, 2.05) is 61.5 Å². The summed E-state index contributed by atoms with van der Waals surface area (Å²) in [4.78, 5) is 19.3. The van der Waals surface area contributed by atoms with Crippen LogP contribution in [0.15, 0.2) is 60.8 Å². The molecule has 1 aromatic heterocycles. The highest BCUT2D eigenvalue weighted by Gasteiger charge is 2.06. The van der Waals surface area contributed by atoms with E-state index in [0.29, 0.717) is 5.75 Å². The van der Waals surface area contributed by atoms with E-state index >= 15 is 0 Å². The van der Waals surface area contributed by atoms with Gasteiger partial charge in [0.25, 0.3) is 5.91 Å². The monoisotopic (exact) mass is 307 g/mol. The predicted octanol–water partition coefficient (Wildman–Crippen LogP) is 3.40. The molecule has 2 aromatic carbocycles. The molecular weight excluding hydrogens is 290 g/mol. The predicted molar refractivity (Wildman–Crippen MR) is 89.3 cm³/mol.